The van der Waals surface area contributed by atoms with Crippen LogP contribution in [0.4, 0.5) is 4.79 Å². The summed E-state index contributed by atoms with van der Waals surface area (Å²) < 4.78 is 8.12. The van der Waals surface area contributed by atoms with E-state index in [9.17, 15) is 24.3 Å². The number of ether oxygens (including phenoxy) is 1. The number of amides is 3. The number of carboxylic acid groups (broad SMARTS) is 1. The standard InChI is InChI=1S/C31H33ClN6O6/c1-31(2,3)44-23-15-19(22(39)16-25(41)42)7-10-21(23)28-35-26(18-5-8-20(32)9-6-18)27(29-34-11-13-36(29)4)38(28)30(43)37-14-12-33-24(40)17-37/h5-11,13,15,26-27H,12,14,16-17H2,1-4H3,(H,33,40)(H,41,42)/t26-,27-/m0/s1. The van der Waals surface area contributed by atoms with Crippen molar-refractivity contribution in [3.63, 3.8) is 0 Å². The number of aromatic nitrogens is 2. The molecule has 12 nitrogen and oxygen atoms in total. The Balaban J connectivity index is 1.72. The largest absolute Gasteiger partial charge is 0.487 e. The summed E-state index contributed by atoms with van der Waals surface area (Å²) in [5.41, 5.74) is 0.613. The molecule has 1 fully saturated rings. The fourth-order valence-corrected chi connectivity index (χ4v) is 5.40. The first-order valence-corrected chi connectivity index (χ1v) is 14.4. The summed E-state index contributed by atoms with van der Waals surface area (Å²) in [6, 6.07) is 9.97. The van der Waals surface area contributed by atoms with Crippen molar-refractivity contribution in [2.75, 3.05) is 19.6 Å². The van der Waals surface area contributed by atoms with Crippen LogP contribution in [-0.4, -0.2) is 79.2 Å². The zero-order valence-electron chi connectivity index (χ0n) is 24.8. The molecule has 0 radical (unpaired) electrons. The number of ketones is 1. The minimum Gasteiger partial charge on any atom is -0.487 e. The zero-order valence-corrected chi connectivity index (χ0v) is 25.5. The lowest BCUT2D eigenvalue weighted by Crippen LogP contribution is -2.55. The molecular weight excluding hydrogens is 588 g/mol. The van der Waals surface area contributed by atoms with Crippen molar-refractivity contribution in [1.82, 2.24) is 24.7 Å². The number of carboxylic acids is 1. The number of aliphatic imine (C=N–C) groups is 1. The summed E-state index contributed by atoms with van der Waals surface area (Å²) in [6.45, 7) is 5.97. The number of aliphatic carboxylic acids is 1. The van der Waals surface area contributed by atoms with Crippen LogP contribution in [0.15, 0.2) is 59.9 Å². The third-order valence-corrected chi connectivity index (χ3v) is 7.44. The van der Waals surface area contributed by atoms with Crippen LogP contribution in [-0.2, 0) is 16.6 Å². The molecule has 5 rings (SSSR count). The lowest BCUT2D eigenvalue weighted by Gasteiger charge is -2.35. The molecule has 0 aliphatic carbocycles. The first-order chi connectivity index (χ1) is 20.8. The molecule has 0 unspecified atom stereocenters. The third kappa shape index (κ3) is 6.45. The van der Waals surface area contributed by atoms with E-state index >= 15 is 0 Å². The molecule has 3 heterocycles. The predicted octanol–water partition coefficient (Wildman–Crippen LogP) is 4.00. The Morgan fingerprint density at radius 2 is 1.86 bits per heavy atom. The number of halogens is 1. The van der Waals surface area contributed by atoms with E-state index in [1.807, 2.05) is 44.5 Å². The van der Waals surface area contributed by atoms with Gasteiger partial charge in [-0.2, -0.15) is 0 Å². The van der Waals surface area contributed by atoms with Gasteiger partial charge in [-0.05, 0) is 50.6 Å². The number of rotatable bonds is 7. The molecule has 2 N–H and O–H groups in total. The number of hydrogen-bond acceptors (Lipinski definition) is 7. The number of benzene rings is 2. The smallest absolute Gasteiger partial charge is 0.326 e. The van der Waals surface area contributed by atoms with Gasteiger partial charge in [0.05, 0.1) is 5.56 Å². The number of nitrogens with zero attached hydrogens (tertiary/aromatic N) is 5. The molecule has 13 heteroatoms. The number of Topliss-reactive ketones (excluding diaryl/α,β-unsaturated/α-hetero) is 1. The van der Waals surface area contributed by atoms with Crippen molar-refractivity contribution in [3.05, 3.63) is 82.4 Å². The van der Waals surface area contributed by atoms with Crippen LogP contribution < -0.4 is 10.1 Å². The van der Waals surface area contributed by atoms with Gasteiger partial charge in [0.1, 0.15) is 48.1 Å². The molecule has 0 bridgehead atoms. The average Bonchev–Trinajstić information content (AvgIpc) is 3.55. The van der Waals surface area contributed by atoms with Gasteiger partial charge in [-0.25, -0.2) is 9.78 Å². The van der Waals surface area contributed by atoms with E-state index in [4.69, 9.17) is 21.3 Å². The molecule has 2 aliphatic heterocycles. The number of hydrogen-bond donors (Lipinski definition) is 2. The molecule has 230 valence electrons. The number of carbonyl (C=O) groups is 4. The highest BCUT2D eigenvalue weighted by atomic mass is 35.5. The van der Waals surface area contributed by atoms with E-state index in [0.717, 1.165) is 5.56 Å². The molecule has 44 heavy (non-hydrogen) atoms. The normalized spacial score (nSPS) is 18.6. The Bertz CT molecular complexity index is 1640. The van der Waals surface area contributed by atoms with Gasteiger partial charge in [-0.15, -0.1) is 0 Å². The number of imidazole rings is 1. The van der Waals surface area contributed by atoms with Gasteiger partial charge in [0.25, 0.3) is 0 Å². The molecule has 3 aromatic rings. The van der Waals surface area contributed by atoms with Crippen LogP contribution in [0, 0.1) is 0 Å². The van der Waals surface area contributed by atoms with E-state index in [1.54, 1.807) is 30.6 Å². The molecule has 3 amide bonds. The van der Waals surface area contributed by atoms with Crippen LogP contribution in [0.25, 0.3) is 0 Å². The Morgan fingerprint density at radius 1 is 1.14 bits per heavy atom. The fraction of sp³-hybridized carbons (Fsp3) is 0.355. The van der Waals surface area contributed by atoms with Crippen molar-refractivity contribution in [2.24, 2.45) is 12.0 Å². The number of aryl methyl sites for hydroxylation is 1. The van der Waals surface area contributed by atoms with Gasteiger partial charge >= 0.3 is 12.0 Å². The molecular formula is C31H33ClN6O6. The molecule has 1 saturated heterocycles. The molecule has 2 aliphatic rings. The van der Waals surface area contributed by atoms with Gasteiger partial charge < -0.3 is 24.6 Å². The summed E-state index contributed by atoms with van der Waals surface area (Å²) in [5.74, 6) is -1.05. The van der Waals surface area contributed by atoms with Crippen LogP contribution in [0.1, 0.15) is 66.6 Å². The second kappa shape index (κ2) is 12.1. The van der Waals surface area contributed by atoms with E-state index in [1.165, 1.54) is 21.9 Å². The molecule has 0 saturated carbocycles. The third-order valence-electron chi connectivity index (χ3n) is 7.19. The Morgan fingerprint density at radius 3 is 2.48 bits per heavy atom. The molecule has 1 aromatic heterocycles. The van der Waals surface area contributed by atoms with Gasteiger partial charge in [0, 0.05) is 43.1 Å². The number of carbonyl (C=O) groups excluding carboxylic acids is 3. The highest BCUT2D eigenvalue weighted by Crippen LogP contribution is 2.45. The zero-order chi connectivity index (χ0) is 31.8. The van der Waals surface area contributed by atoms with Crippen molar-refractivity contribution < 1.29 is 29.0 Å². The van der Waals surface area contributed by atoms with Gasteiger partial charge in [0.2, 0.25) is 5.91 Å². The number of nitrogens with one attached hydrogen (secondary N) is 1. The van der Waals surface area contributed by atoms with E-state index in [-0.39, 0.29) is 29.6 Å². The highest BCUT2D eigenvalue weighted by molar-refractivity contribution is 6.30. The van der Waals surface area contributed by atoms with Gasteiger partial charge in [-0.3, -0.25) is 24.3 Å². The topological polar surface area (TPSA) is 146 Å². The van der Waals surface area contributed by atoms with Crippen molar-refractivity contribution in [2.45, 2.75) is 44.9 Å². The Hall–Kier alpha value is -4.71. The maximum absolute atomic E-state index is 14.4. The van der Waals surface area contributed by atoms with Crippen LogP contribution in [0.3, 0.4) is 0 Å². The Labute approximate surface area is 259 Å². The summed E-state index contributed by atoms with van der Waals surface area (Å²) in [7, 11) is 1.83. The SMILES string of the molecule is Cn1ccnc1[C@@H]1[C@H](c2ccc(Cl)cc2)N=C(c2ccc(C(=O)CC(=O)O)cc2OC(C)(C)C)N1C(=O)N1CCNC(=O)C1. The summed E-state index contributed by atoms with van der Waals surface area (Å²) in [4.78, 5) is 63.5. The van der Waals surface area contributed by atoms with E-state index in [2.05, 4.69) is 10.3 Å². The van der Waals surface area contributed by atoms with Crippen molar-refractivity contribution in [3.8, 4) is 5.75 Å². The second-order valence-electron chi connectivity index (χ2n) is 11.6. The molecule has 0 spiro atoms. The fourth-order valence-electron chi connectivity index (χ4n) is 5.27. The van der Waals surface area contributed by atoms with Crippen molar-refractivity contribution >= 4 is 41.1 Å². The number of amidine groups is 1. The molecule has 2 atom stereocenters. The summed E-state index contributed by atoms with van der Waals surface area (Å²) in [6.07, 6.45) is 2.73. The van der Waals surface area contributed by atoms with Crippen LogP contribution >= 0.6 is 11.6 Å². The van der Waals surface area contributed by atoms with Gasteiger partial charge in [0.15, 0.2) is 5.78 Å². The first-order valence-electron chi connectivity index (χ1n) is 14.1. The average molecular weight is 621 g/mol. The monoisotopic (exact) mass is 620 g/mol. The highest BCUT2D eigenvalue weighted by Gasteiger charge is 2.47. The van der Waals surface area contributed by atoms with Crippen LogP contribution in [0.2, 0.25) is 5.02 Å². The summed E-state index contributed by atoms with van der Waals surface area (Å²) in [5, 5.41) is 12.5. The maximum Gasteiger partial charge on any atom is 0.326 e. The first kappa shape index (κ1) is 30.7. The number of piperazine rings is 1. The van der Waals surface area contributed by atoms with E-state index < -0.39 is 41.9 Å². The Kier molecular flexibility index (Phi) is 8.46. The summed E-state index contributed by atoms with van der Waals surface area (Å²) >= 11 is 6.21. The minimum atomic E-state index is -1.25. The minimum absolute atomic E-state index is 0.129. The quantitative estimate of drug-likeness (QED) is 0.300. The van der Waals surface area contributed by atoms with Gasteiger partial charge in [-0.1, -0.05) is 29.8 Å². The lowest BCUT2D eigenvalue weighted by molar-refractivity contribution is -0.136. The molecule has 2 aromatic carbocycles. The van der Waals surface area contributed by atoms with Crippen molar-refractivity contribution in [1.29, 1.82) is 0 Å². The predicted molar refractivity (Wildman–Crippen MR) is 162 cm³/mol. The lowest BCUT2D eigenvalue weighted by atomic mass is 9.99. The van der Waals surface area contributed by atoms with Crippen LogP contribution in [0.5, 0.6) is 5.75 Å². The maximum atomic E-state index is 14.4. The van der Waals surface area contributed by atoms with E-state index in [0.29, 0.717) is 29.5 Å². The number of urea groups is 1. The second-order valence-corrected chi connectivity index (χ2v) is 12.1.